The first-order valence-corrected chi connectivity index (χ1v) is 9.68. The van der Waals surface area contributed by atoms with Crippen LogP contribution in [-0.2, 0) is 16.2 Å². The molecule has 0 radical (unpaired) electrons. The summed E-state index contributed by atoms with van der Waals surface area (Å²) in [4.78, 5) is 13.7. The summed E-state index contributed by atoms with van der Waals surface area (Å²) in [6, 6.07) is 6.66. The lowest BCUT2D eigenvalue weighted by Crippen LogP contribution is -2.49. The SMILES string of the molecule is CC(C)Oc1ccc2c(c1)N(C)C(=O)N(c1ccc(C(F)(F)F)cc1)S2(=O)=O. The Hall–Kier alpha value is -2.75. The van der Waals surface area contributed by atoms with Gasteiger partial charge in [-0.05, 0) is 50.2 Å². The van der Waals surface area contributed by atoms with Gasteiger partial charge in [-0.1, -0.05) is 0 Å². The number of nitrogens with zero attached hydrogens (tertiary/aromatic N) is 2. The molecule has 2 aromatic carbocycles. The molecule has 1 heterocycles. The van der Waals surface area contributed by atoms with E-state index in [2.05, 4.69) is 0 Å². The number of hydrogen-bond acceptors (Lipinski definition) is 4. The third-order valence-corrected chi connectivity index (χ3v) is 5.82. The second kappa shape index (κ2) is 6.69. The predicted molar refractivity (Wildman–Crippen MR) is 97.1 cm³/mol. The van der Waals surface area contributed by atoms with Crippen LogP contribution in [0.3, 0.4) is 0 Å². The molecular weight excluding hydrogens is 397 g/mol. The van der Waals surface area contributed by atoms with Gasteiger partial charge in [-0.2, -0.15) is 17.5 Å². The van der Waals surface area contributed by atoms with Crippen LogP contribution >= 0.6 is 0 Å². The van der Waals surface area contributed by atoms with Crippen LogP contribution in [0, 0.1) is 0 Å². The number of fused-ring (bicyclic) bond motifs is 1. The molecule has 0 saturated carbocycles. The zero-order valence-electron chi connectivity index (χ0n) is 15.2. The van der Waals surface area contributed by atoms with Gasteiger partial charge in [-0.3, -0.25) is 4.90 Å². The van der Waals surface area contributed by atoms with E-state index >= 15 is 0 Å². The first kappa shape index (κ1) is 20.0. The number of benzene rings is 2. The Morgan fingerprint density at radius 1 is 1.04 bits per heavy atom. The molecule has 0 spiro atoms. The number of halogens is 3. The van der Waals surface area contributed by atoms with Crippen molar-refractivity contribution in [3.05, 3.63) is 48.0 Å². The molecule has 0 fully saturated rings. The van der Waals surface area contributed by atoms with Crippen LogP contribution < -0.4 is 13.9 Å². The van der Waals surface area contributed by atoms with Gasteiger partial charge in [0.1, 0.15) is 10.6 Å². The van der Waals surface area contributed by atoms with Gasteiger partial charge in [-0.25, -0.2) is 13.2 Å². The number of amides is 2. The maximum absolute atomic E-state index is 13.0. The minimum absolute atomic E-state index is 0.131. The Labute approximate surface area is 160 Å². The van der Waals surface area contributed by atoms with E-state index in [0.29, 0.717) is 10.1 Å². The van der Waals surface area contributed by atoms with Crippen LogP contribution in [-0.4, -0.2) is 27.6 Å². The maximum atomic E-state index is 13.0. The molecule has 1 aliphatic rings. The number of anilines is 2. The fraction of sp³-hybridized carbons (Fsp3) is 0.278. The number of carbonyl (C=O) groups excluding carboxylic acids is 1. The Balaban J connectivity index is 2.08. The fourth-order valence-electron chi connectivity index (χ4n) is 2.80. The summed E-state index contributed by atoms with van der Waals surface area (Å²) in [5, 5.41) is 0. The molecule has 0 unspecified atom stereocenters. The number of sulfonamides is 1. The van der Waals surface area contributed by atoms with E-state index < -0.39 is 27.8 Å². The van der Waals surface area contributed by atoms with Crippen LogP contribution in [0.5, 0.6) is 5.75 Å². The normalized spacial score (nSPS) is 16.3. The van der Waals surface area contributed by atoms with Gasteiger partial charge in [0.25, 0.3) is 10.0 Å². The second-order valence-electron chi connectivity index (χ2n) is 6.45. The predicted octanol–water partition coefficient (Wildman–Crippen LogP) is 4.26. The van der Waals surface area contributed by atoms with Crippen LogP contribution in [0.15, 0.2) is 47.4 Å². The van der Waals surface area contributed by atoms with Crippen molar-refractivity contribution in [3.8, 4) is 5.75 Å². The number of urea groups is 1. The van der Waals surface area contributed by atoms with Gasteiger partial charge in [0.2, 0.25) is 0 Å². The summed E-state index contributed by atoms with van der Waals surface area (Å²) in [6.45, 7) is 3.61. The topological polar surface area (TPSA) is 66.9 Å². The number of carbonyl (C=O) groups is 1. The van der Waals surface area contributed by atoms with Crippen molar-refractivity contribution < 1.29 is 31.1 Å². The molecule has 28 heavy (non-hydrogen) atoms. The second-order valence-corrected chi connectivity index (χ2v) is 8.21. The van der Waals surface area contributed by atoms with Crippen LogP contribution in [0.4, 0.5) is 29.3 Å². The Morgan fingerprint density at radius 3 is 2.18 bits per heavy atom. The van der Waals surface area contributed by atoms with Crippen molar-refractivity contribution in [2.24, 2.45) is 0 Å². The van der Waals surface area contributed by atoms with E-state index in [1.165, 1.54) is 25.2 Å². The highest BCUT2D eigenvalue weighted by atomic mass is 32.2. The van der Waals surface area contributed by atoms with Gasteiger partial charge < -0.3 is 4.74 Å². The number of ether oxygens (including phenoxy) is 1. The molecule has 3 rings (SSSR count). The Morgan fingerprint density at radius 2 is 1.64 bits per heavy atom. The average Bonchev–Trinajstić information content (AvgIpc) is 2.59. The molecule has 0 saturated heterocycles. The first-order chi connectivity index (χ1) is 12.9. The molecule has 6 nitrogen and oxygen atoms in total. The van der Waals surface area contributed by atoms with Crippen LogP contribution in [0.25, 0.3) is 0 Å². The average molecular weight is 414 g/mol. The molecule has 2 aromatic rings. The molecular formula is C18H17F3N2O4S. The van der Waals surface area contributed by atoms with E-state index in [9.17, 15) is 26.4 Å². The summed E-state index contributed by atoms with van der Waals surface area (Å²) < 4.78 is 70.3. The maximum Gasteiger partial charge on any atom is 0.416 e. The quantitative estimate of drug-likeness (QED) is 0.753. The Bertz CT molecular complexity index is 1020. The molecule has 0 aliphatic carbocycles. The van der Waals surface area contributed by atoms with Crippen LogP contribution in [0.2, 0.25) is 0 Å². The standard InChI is InChI=1S/C18H17F3N2O4S/c1-11(2)27-14-8-9-16-15(10-14)22(3)17(24)23(28(16,25)26)13-6-4-12(5-7-13)18(19,20)21/h4-11H,1-3H3. The zero-order chi connectivity index (χ0) is 20.9. The van der Waals surface area contributed by atoms with Gasteiger partial charge in [-0.15, -0.1) is 0 Å². The third-order valence-electron chi connectivity index (χ3n) is 4.07. The molecule has 0 aromatic heterocycles. The molecule has 150 valence electrons. The van der Waals surface area contributed by atoms with E-state index in [4.69, 9.17) is 4.74 Å². The van der Waals surface area contributed by atoms with Crippen molar-refractivity contribution in [3.63, 3.8) is 0 Å². The number of alkyl halides is 3. The highest BCUT2D eigenvalue weighted by molar-refractivity contribution is 7.94. The highest BCUT2D eigenvalue weighted by Crippen LogP contribution is 2.39. The lowest BCUT2D eigenvalue weighted by molar-refractivity contribution is -0.137. The van der Waals surface area contributed by atoms with E-state index in [-0.39, 0.29) is 22.4 Å². The van der Waals surface area contributed by atoms with E-state index in [1.807, 2.05) is 0 Å². The lowest BCUT2D eigenvalue weighted by Gasteiger charge is -2.34. The minimum atomic E-state index is -4.57. The number of hydrogen-bond donors (Lipinski definition) is 0. The molecule has 10 heteroatoms. The molecule has 0 N–H and O–H groups in total. The molecule has 2 amide bonds. The van der Waals surface area contributed by atoms with Crippen molar-refractivity contribution in [1.82, 2.24) is 0 Å². The lowest BCUT2D eigenvalue weighted by atomic mass is 10.2. The van der Waals surface area contributed by atoms with Crippen molar-refractivity contribution in [1.29, 1.82) is 0 Å². The van der Waals surface area contributed by atoms with Gasteiger partial charge in [0, 0.05) is 13.1 Å². The van der Waals surface area contributed by atoms with Crippen LogP contribution in [0.1, 0.15) is 19.4 Å². The van der Waals surface area contributed by atoms with Crippen molar-refractivity contribution in [2.45, 2.75) is 31.0 Å². The molecule has 1 aliphatic heterocycles. The molecule has 0 atom stereocenters. The van der Waals surface area contributed by atoms with Crippen molar-refractivity contribution >= 4 is 27.4 Å². The summed E-state index contributed by atoms with van der Waals surface area (Å²) in [5.74, 6) is 0.395. The number of rotatable bonds is 3. The fourth-order valence-corrected chi connectivity index (χ4v) is 4.42. The highest BCUT2D eigenvalue weighted by Gasteiger charge is 2.41. The first-order valence-electron chi connectivity index (χ1n) is 8.24. The van der Waals surface area contributed by atoms with E-state index in [0.717, 1.165) is 29.2 Å². The third kappa shape index (κ3) is 3.39. The smallest absolute Gasteiger partial charge is 0.416 e. The minimum Gasteiger partial charge on any atom is -0.491 e. The monoisotopic (exact) mass is 414 g/mol. The summed E-state index contributed by atoms with van der Waals surface area (Å²) in [6.07, 6.45) is -4.72. The Kier molecular flexibility index (Phi) is 4.78. The van der Waals surface area contributed by atoms with E-state index in [1.54, 1.807) is 13.8 Å². The van der Waals surface area contributed by atoms with Gasteiger partial charge in [0.15, 0.2) is 0 Å². The molecule has 0 bridgehead atoms. The summed E-state index contributed by atoms with van der Waals surface area (Å²) in [5.41, 5.74) is -0.994. The van der Waals surface area contributed by atoms with Gasteiger partial charge >= 0.3 is 12.2 Å². The van der Waals surface area contributed by atoms with Crippen molar-refractivity contribution in [2.75, 3.05) is 16.3 Å². The zero-order valence-corrected chi connectivity index (χ0v) is 16.0. The largest absolute Gasteiger partial charge is 0.491 e. The van der Waals surface area contributed by atoms with Gasteiger partial charge in [0.05, 0.1) is 23.0 Å². The summed E-state index contributed by atoms with van der Waals surface area (Å²) >= 11 is 0. The summed E-state index contributed by atoms with van der Waals surface area (Å²) in [7, 11) is -2.93.